The lowest BCUT2D eigenvalue weighted by Gasteiger charge is -2.12. The van der Waals surface area contributed by atoms with Crippen LogP contribution in [0.3, 0.4) is 0 Å². The highest BCUT2D eigenvalue weighted by Gasteiger charge is 2.15. The standard InChI is InChI=1S/C16H24N2O3/c1-12-8-13(2)10-15(9-12)21-7-5-17-16(19)18-11-14-4-3-6-20-14/h8-10,14H,3-7,11H2,1-2H3,(H2,17,18,19). The number of rotatable bonds is 6. The molecule has 21 heavy (non-hydrogen) atoms. The number of carbonyl (C=O) groups excluding carboxylic acids is 1. The van der Waals surface area contributed by atoms with E-state index in [4.69, 9.17) is 9.47 Å². The summed E-state index contributed by atoms with van der Waals surface area (Å²) in [6.45, 7) is 6.38. The van der Waals surface area contributed by atoms with Crippen molar-refractivity contribution in [1.29, 1.82) is 0 Å². The molecule has 1 aromatic rings. The molecule has 5 heteroatoms. The van der Waals surface area contributed by atoms with Crippen LogP contribution >= 0.6 is 0 Å². The predicted molar refractivity (Wildman–Crippen MR) is 81.8 cm³/mol. The van der Waals surface area contributed by atoms with Crippen molar-refractivity contribution < 1.29 is 14.3 Å². The highest BCUT2D eigenvalue weighted by molar-refractivity contribution is 5.73. The lowest BCUT2D eigenvalue weighted by atomic mass is 10.1. The third kappa shape index (κ3) is 5.63. The van der Waals surface area contributed by atoms with Gasteiger partial charge in [0.2, 0.25) is 0 Å². The average Bonchev–Trinajstić information content (AvgIpc) is 2.93. The number of carbonyl (C=O) groups is 1. The highest BCUT2D eigenvalue weighted by Crippen LogP contribution is 2.15. The normalized spacial score (nSPS) is 17.5. The van der Waals surface area contributed by atoms with Crippen molar-refractivity contribution in [3.8, 4) is 5.75 Å². The first-order valence-corrected chi connectivity index (χ1v) is 7.48. The van der Waals surface area contributed by atoms with Crippen LogP contribution in [0.25, 0.3) is 0 Å². The smallest absolute Gasteiger partial charge is 0.315 e. The molecule has 0 aromatic heterocycles. The van der Waals surface area contributed by atoms with E-state index in [0.717, 1.165) is 25.2 Å². The molecule has 0 aliphatic carbocycles. The lowest BCUT2D eigenvalue weighted by Crippen LogP contribution is -2.41. The van der Waals surface area contributed by atoms with E-state index in [9.17, 15) is 4.79 Å². The molecule has 1 heterocycles. The molecule has 1 saturated heterocycles. The topological polar surface area (TPSA) is 59.6 Å². The number of nitrogens with one attached hydrogen (secondary N) is 2. The molecule has 0 bridgehead atoms. The molecule has 1 fully saturated rings. The molecule has 1 atom stereocenters. The summed E-state index contributed by atoms with van der Waals surface area (Å²) in [6.07, 6.45) is 2.27. The number of hydrogen-bond acceptors (Lipinski definition) is 3. The number of hydrogen-bond donors (Lipinski definition) is 2. The first-order chi connectivity index (χ1) is 10.1. The van der Waals surface area contributed by atoms with Crippen molar-refractivity contribution in [2.24, 2.45) is 0 Å². The van der Waals surface area contributed by atoms with Gasteiger partial charge < -0.3 is 20.1 Å². The van der Waals surface area contributed by atoms with Crippen LogP contribution in [0, 0.1) is 13.8 Å². The van der Waals surface area contributed by atoms with Gasteiger partial charge in [0.25, 0.3) is 0 Å². The quantitative estimate of drug-likeness (QED) is 0.790. The van der Waals surface area contributed by atoms with E-state index in [-0.39, 0.29) is 12.1 Å². The van der Waals surface area contributed by atoms with Gasteiger partial charge in [-0.3, -0.25) is 0 Å². The first-order valence-electron chi connectivity index (χ1n) is 7.48. The minimum atomic E-state index is -0.172. The fourth-order valence-corrected chi connectivity index (χ4v) is 2.42. The maximum atomic E-state index is 11.6. The number of aryl methyl sites for hydroxylation is 2. The van der Waals surface area contributed by atoms with Gasteiger partial charge in [-0.2, -0.15) is 0 Å². The van der Waals surface area contributed by atoms with Gasteiger partial charge in [0.15, 0.2) is 0 Å². The van der Waals surface area contributed by atoms with E-state index in [2.05, 4.69) is 16.7 Å². The SMILES string of the molecule is Cc1cc(C)cc(OCCNC(=O)NCC2CCCO2)c1. The van der Waals surface area contributed by atoms with Crippen LogP contribution in [0.1, 0.15) is 24.0 Å². The van der Waals surface area contributed by atoms with Crippen LogP contribution in [-0.4, -0.2) is 38.4 Å². The maximum Gasteiger partial charge on any atom is 0.315 e. The molecule has 1 aromatic carbocycles. The van der Waals surface area contributed by atoms with Crippen LogP contribution in [-0.2, 0) is 4.74 Å². The molecule has 2 amide bonds. The minimum absolute atomic E-state index is 0.169. The zero-order chi connectivity index (χ0) is 15.1. The Kier molecular flexibility index (Phi) is 5.87. The summed E-state index contributed by atoms with van der Waals surface area (Å²) in [5.41, 5.74) is 2.35. The molecule has 1 aliphatic heterocycles. The number of benzene rings is 1. The Morgan fingerprint density at radius 1 is 1.29 bits per heavy atom. The molecule has 0 radical (unpaired) electrons. The van der Waals surface area contributed by atoms with Gasteiger partial charge in [-0.05, 0) is 49.9 Å². The molecule has 0 saturated carbocycles. The molecule has 5 nitrogen and oxygen atoms in total. The molecular weight excluding hydrogens is 268 g/mol. The van der Waals surface area contributed by atoms with Gasteiger partial charge in [-0.25, -0.2) is 4.79 Å². The zero-order valence-corrected chi connectivity index (χ0v) is 12.8. The van der Waals surface area contributed by atoms with Crippen molar-refractivity contribution in [3.05, 3.63) is 29.3 Å². The number of amides is 2. The average molecular weight is 292 g/mol. The Morgan fingerprint density at radius 3 is 2.71 bits per heavy atom. The van der Waals surface area contributed by atoms with Crippen LogP contribution in [0.4, 0.5) is 4.79 Å². The summed E-state index contributed by atoms with van der Waals surface area (Å²) >= 11 is 0. The van der Waals surface area contributed by atoms with E-state index in [1.165, 1.54) is 11.1 Å². The van der Waals surface area contributed by atoms with Crippen molar-refractivity contribution in [1.82, 2.24) is 10.6 Å². The van der Waals surface area contributed by atoms with Crippen LogP contribution in [0.2, 0.25) is 0 Å². The maximum absolute atomic E-state index is 11.6. The van der Waals surface area contributed by atoms with Gasteiger partial charge in [-0.1, -0.05) is 6.07 Å². The van der Waals surface area contributed by atoms with Gasteiger partial charge in [0.1, 0.15) is 12.4 Å². The Balaban J connectivity index is 1.59. The summed E-state index contributed by atoms with van der Waals surface area (Å²) in [5.74, 6) is 0.842. The second-order valence-corrected chi connectivity index (χ2v) is 5.44. The van der Waals surface area contributed by atoms with Crippen molar-refractivity contribution in [3.63, 3.8) is 0 Å². The third-order valence-electron chi connectivity index (χ3n) is 3.37. The molecule has 1 aliphatic rings. The molecule has 1 unspecified atom stereocenters. The van der Waals surface area contributed by atoms with Crippen molar-refractivity contribution >= 4 is 6.03 Å². The summed E-state index contributed by atoms with van der Waals surface area (Å²) < 4.78 is 11.1. The third-order valence-corrected chi connectivity index (χ3v) is 3.37. The first kappa shape index (κ1) is 15.6. The Hall–Kier alpha value is -1.75. The molecule has 2 N–H and O–H groups in total. The Bertz CT molecular complexity index is 450. The largest absolute Gasteiger partial charge is 0.492 e. The zero-order valence-electron chi connectivity index (χ0n) is 12.8. The summed E-state index contributed by atoms with van der Waals surface area (Å²) in [5, 5.41) is 5.59. The van der Waals surface area contributed by atoms with Gasteiger partial charge in [-0.15, -0.1) is 0 Å². The molecule has 2 rings (SSSR count). The molecule has 116 valence electrons. The number of ether oxygens (including phenoxy) is 2. The van der Waals surface area contributed by atoms with E-state index in [1.807, 2.05) is 26.0 Å². The second kappa shape index (κ2) is 7.88. The Labute approximate surface area is 126 Å². The van der Waals surface area contributed by atoms with E-state index in [0.29, 0.717) is 19.7 Å². The van der Waals surface area contributed by atoms with Crippen molar-refractivity contribution in [2.75, 3.05) is 26.3 Å². The lowest BCUT2D eigenvalue weighted by molar-refractivity contribution is 0.111. The summed E-state index contributed by atoms with van der Waals surface area (Å²) in [6, 6.07) is 5.91. The molecular formula is C16H24N2O3. The van der Waals surface area contributed by atoms with Crippen LogP contribution in [0.15, 0.2) is 18.2 Å². The van der Waals surface area contributed by atoms with E-state index in [1.54, 1.807) is 0 Å². The van der Waals surface area contributed by atoms with Gasteiger partial charge >= 0.3 is 6.03 Å². The fraction of sp³-hybridized carbons (Fsp3) is 0.562. The van der Waals surface area contributed by atoms with E-state index >= 15 is 0 Å². The Morgan fingerprint density at radius 2 is 2.05 bits per heavy atom. The van der Waals surface area contributed by atoms with Crippen LogP contribution < -0.4 is 15.4 Å². The second-order valence-electron chi connectivity index (χ2n) is 5.44. The fourth-order valence-electron chi connectivity index (χ4n) is 2.42. The van der Waals surface area contributed by atoms with Crippen molar-refractivity contribution in [2.45, 2.75) is 32.8 Å². The number of urea groups is 1. The predicted octanol–water partition coefficient (Wildman–Crippen LogP) is 2.16. The van der Waals surface area contributed by atoms with E-state index < -0.39 is 0 Å². The monoisotopic (exact) mass is 292 g/mol. The summed E-state index contributed by atoms with van der Waals surface area (Å²) in [7, 11) is 0. The minimum Gasteiger partial charge on any atom is -0.492 e. The van der Waals surface area contributed by atoms with Gasteiger partial charge in [0.05, 0.1) is 12.6 Å². The summed E-state index contributed by atoms with van der Waals surface area (Å²) in [4.78, 5) is 11.6. The van der Waals surface area contributed by atoms with Gasteiger partial charge in [0, 0.05) is 13.2 Å². The van der Waals surface area contributed by atoms with Crippen LogP contribution in [0.5, 0.6) is 5.75 Å². The molecule has 0 spiro atoms. The highest BCUT2D eigenvalue weighted by atomic mass is 16.5.